The van der Waals surface area contributed by atoms with E-state index >= 15 is 0 Å². The Bertz CT molecular complexity index is 679. The topological polar surface area (TPSA) is 56.3 Å². The average Bonchev–Trinajstić information content (AvgIpc) is 2.74. The van der Waals surface area contributed by atoms with Crippen molar-refractivity contribution in [3.63, 3.8) is 0 Å². The number of alkyl halides is 3. The average molecular weight is 314 g/mol. The number of nitrogens with zero attached hydrogens (tertiary/aromatic N) is 1. The van der Waals surface area contributed by atoms with E-state index in [4.69, 9.17) is 5.11 Å². The van der Waals surface area contributed by atoms with Crippen molar-refractivity contribution in [3.05, 3.63) is 35.5 Å². The van der Waals surface area contributed by atoms with E-state index in [1.807, 2.05) is 31.2 Å². The predicted molar refractivity (Wildman–Crippen MR) is 76.4 cm³/mol. The van der Waals surface area contributed by atoms with E-state index in [2.05, 4.69) is 4.98 Å². The van der Waals surface area contributed by atoms with Gasteiger partial charge in [0.05, 0.1) is 13.0 Å². The largest absolute Gasteiger partial charge is 0.416 e. The molecule has 1 aromatic heterocycles. The Morgan fingerprint density at radius 3 is 2.64 bits per heavy atom. The molecule has 2 N–H and O–H groups in total. The van der Waals surface area contributed by atoms with Gasteiger partial charge in [0.1, 0.15) is 0 Å². The number of aromatic amines is 1. The Labute approximate surface area is 125 Å². The van der Waals surface area contributed by atoms with Crippen LogP contribution in [0, 0.1) is 6.92 Å². The number of carbonyl (C=O) groups is 1. The second kappa shape index (κ2) is 6.00. The molecule has 2 aromatic rings. The van der Waals surface area contributed by atoms with Gasteiger partial charge < -0.3 is 15.0 Å². The molecule has 120 valence electrons. The number of rotatable bonds is 4. The third-order valence-corrected chi connectivity index (χ3v) is 3.61. The van der Waals surface area contributed by atoms with Crippen molar-refractivity contribution in [1.29, 1.82) is 0 Å². The van der Waals surface area contributed by atoms with Gasteiger partial charge in [0, 0.05) is 23.6 Å². The lowest BCUT2D eigenvalue weighted by Crippen LogP contribution is -2.42. The molecule has 7 heteroatoms. The number of aryl methyl sites for hydroxylation is 1. The summed E-state index contributed by atoms with van der Waals surface area (Å²) in [5.74, 6) is -0.476. The first-order chi connectivity index (χ1) is 10.2. The molecule has 0 aliphatic heterocycles. The van der Waals surface area contributed by atoms with E-state index in [0.29, 0.717) is 0 Å². The zero-order valence-electron chi connectivity index (χ0n) is 12.2. The molecule has 0 aliphatic rings. The molecule has 1 aromatic carbocycles. The van der Waals surface area contributed by atoms with Gasteiger partial charge in [-0.05, 0) is 18.6 Å². The number of para-hydroxylation sites is 1. The van der Waals surface area contributed by atoms with Crippen LogP contribution in [-0.2, 0) is 11.2 Å². The molecule has 1 amide bonds. The molecule has 1 unspecified atom stereocenters. The van der Waals surface area contributed by atoms with Crippen LogP contribution in [0.2, 0.25) is 0 Å². The lowest BCUT2D eigenvalue weighted by Gasteiger charge is -2.22. The molecular weight excluding hydrogens is 297 g/mol. The molecule has 0 saturated carbocycles. The minimum Gasteiger partial charge on any atom is -0.382 e. The molecule has 0 aliphatic carbocycles. The Hall–Kier alpha value is -2.02. The van der Waals surface area contributed by atoms with Gasteiger partial charge in [-0.2, -0.15) is 13.2 Å². The highest BCUT2D eigenvalue weighted by Crippen LogP contribution is 2.24. The van der Waals surface area contributed by atoms with Crippen LogP contribution in [0.5, 0.6) is 0 Å². The van der Waals surface area contributed by atoms with E-state index in [0.717, 1.165) is 27.1 Å². The monoisotopic (exact) mass is 314 g/mol. The number of aliphatic hydroxyl groups is 1. The third-order valence-electron chi connectivity index (χ3n) is 3.61. The summed E-state index contributed by atoms with van der Waals surface area (Å²) in [6.45, 7) is 1.04. The molecule has 4 nitrogen and oxygen atoms in total. The van der Waals surface area contributed by atoms with Crippen LogP contribution < -0.4 is 0 Å². The summed E-state index contributed by atoms with van der Waals surface area (Å²) < 4.78 is 37.0. The first-order valence-corrected chi connectivity index (χ1v) is 6.75. The molecule has 0 spiro atoms. The zero-order chi connectivity index (χ0) is 16.5. The van der Waals surface area contributed by atoms with Crippen molar-refractivity contribution in [1.82, 2.24) is 9.88 Å². The summed E-state index contributed by atoms with van der Waals surface area (Å²) in [5, 5.41) is 9.91. The Kier molecular flexibility index (Phi) is 4.46. The van der Waals surface area contributed by atoms with Gasteiger partial charge in [0.25, 0.3) is 0 Å². The summed E-state index contributed by atoms with van der Waals surface area (Å²) >= 11 is 0. The summed E-state index contributed by atoms with van der Waals surface area (Å²) in [5.41, 5.74) is 2.44. The van der Waals surface area contributed by atoms with Crippen molar-refractivity contribution in [3.8, 4) is 0 Å². The number of aromatic nitrogens is 1. The van der Waals surface area contributed by atoms with Gasteiger partial charge >= 0.3 is 6.18 Å². The normalized spacial score (nSPS) is 13.4. The quantitative estimate of drug-likeness (QED) is 0.910. The number of nitrogens with one attached hydrogen (secondary N) is 1. The van der Waals surface area contributed by atoms with Crippen LogP contribution >= 0.6 is 0 Å². The van der Waals surface area contributed by atoms with Crippen LogP contribution in [0.15, 0.2) is 24.3 Å². The molecule has 0 saturated heterocycles. The number of halogens is 3. The van der Waals surface area contributed by atoms with Crippen LogP contribution in [0.1, 0.15) is 11.3 Å². The third kappa shape index (κ3) is 3.41. The van der Waals surface area contributed by atoms with Gasteiger partial charge in [-0.3, -0.25) is 4.79 Å². The van der Waals surface area contributed by atoms with E-state index < -0.39 is 24.7 Å². The first-order valence-electron chi connectivity index (χ1n) is 6.75. The van der Waals surface area contributed by atoms with Gasteiger partial charge in [-0.1, -0.05) is 18.2 Å². The summed E-state index contributed by atoms with van der Waals surface area (Å²) in [4.78, 5) is 16.1. The van der Waals surface area contributed by atoms with Crippen molar-refractivity contribution in [2.45, 2.75) is 25.6 Å². The van der Waals surface area contributed by atoms with E-state index in [1.165, 1.54) is 7.05 Å². The first kappa shape index (κ1) is 16.4. The number of fused-ring (bicyclic) bond motifs is 1. The fourth-order valence-corrected chi connectivity index (χ4v) is 2.31. The maximum atomic E-state index is 12.3. The summed E-state index contributed by atoms with van der Waals surface area (Å²) in [6, 6.07) is 7.41. The second-order valence-electron chi connectivity index (χ2n) is 5.28. The van der Waals surface area contributed by atoms with Crippen molar-refractivity contribution < 1.29 is 23.1 Å². The van der Waals surface area contributed by atoms with Gasteiger partial charge in [0.15, 0.2) is 6.10 Å². The number of hydrogen-bond acceptors (Lipinski definition) is 2. The van der Waals surface area contributed by atoms with E-state index in [-0.39, 0.29) is 6.42 Å². The Balaban J connectivity index is 2.12. The molecule has 1 heterocycles. The second-order valence-corrected chi connectivity index (χ2v) is 5.28. The molecule has 1 atom stereocenters. The smallest absolute Gasteiger partial charge is 0.382 e. The SMILES string of the molecule is Cc1[nH]c2ccccc2c1CC(=O)N(C)CC(O)C(F)(F)F. The number of aliphatic hydroxyl groups excluding tert-OH is 1. The van der Waals surface area contributed by atoms with Crippen molar-refractivity contribution in [2.75, 3.05) is 13.6 Å². The van der Waals surface area contributed by atoms with Crippen LogP contribution in [-0.4, -0.2) is 46.8 Å². The number of hydrogen-bond donors (Lipinski definition) is 2. The number of amides is 1. The Morgan fingerprint density at radius 1 is 1.36 bits per heavy atom. The lowest BCUT2D eigenvalue weighted by molar-refractivity contribution is -0.207. The molecule has 2 rings (SSSR count). The summed E-state index contributed by atoms with van der Waals surface area (Å²) in [6.07, 6.45) is -7.28. The van der Waals surface area contributed by atoms with E-state index in [9.17, 15) is 18.0 Å². The predicted octanol–water partition coefficient (Wildman–Crippen LogP) is 2.40. The van der Waals surface area contributed by atoms with Gasteiger partial charge in [-0.15, -0.1) is 0 Å². The van der Waals surface area contributed by atoms with Crippen LogP contribution in [0.25, 0.3) is 10.9 Å². The number of benzene rings is 1. The highest BCUT2D eigenvalue weighted by atomic mass is 19.4. The molecule has 0 bridgehead atoms. The molecular formula is C15H17F3N2O2. The van der Waals surface area contributed by atoms with Crippen LogP contribution in [0.3, 0.4) is 0 Å². The lowest BCUT2D eigenvalue weighted by atomic mass is 10.1. The maximum Gasteiger partial charge on any atom is 0.416 e. The fraction of sp³-hybridized carbons (Fsp3) is 0.400. The van der Waals surface area contributed by atoms with E-state index in [1.54, 1.807) is 0 Å². The minimum atomic E-state index is -4.73. The summed E-state index contributed by atoms with van der Waals surface area (Å²) in [7, 11) is 1.25. The number of H-pyrrole nitrogens is 1. The molecule has 0 radical (unpaired) electrons. The fourth-order valence-electron chi connectivity index (χ4n) is 2.31. The van der Waals surface area contributed by atoms with Gasteiger partial charge in [0.2, 0.25) is 5.91 Å². The number of carbonyl (C=O) groups excluding carboxylic acids is 1. The highest BCUT2D eigenvalue weighted by molar-refractivity contribution is 5.90. The molecule has 22 heavy (non-hydrogen) atoms. The van der Waals surface area contributed by atoms with Crippen molar-refractivity contribution >= 4 is 16.8 Å². The zero-order valence-corrected chi connectivity index (χ0v) is 12.2. The standard InChI is InChI=1S/C15H17F3N2O2/c1-9-11(10-5-3-4-6-12(10)19-9)7-14(22)20(2)8-13(21)15(16,17)18/h3-6,13,19,21H,7-8H2,1-2H3. The number of likely N-dealkylation sites (N-methyl/N-ethyl adjacent to an activating group) is 1. The highest BCUT2D eigenvalue weighted by Gasteiger charge is 2.39. The maximum absolute atomic E-state index is 12.3. The van der Waals surface area contributed by atoms with Crippen molar-refractivity contribution in [2.24, 2.45) is 0 Å². The van der Waals surface area contributed by atoms with Gasteiger partial charge in [-0.25, -0.2) is 0 Å². The Morgan fingerprint density at radius 2 is 2.00 bits per heavy atom. The minimum absolute atomic E-state index is 0.0169. The molecule has 0 fully saturated rings. The van der Waals surface area contributed by atoms with Crippen LogP contribution in [0.4, 0.5) is 13.2 Å².